The number of pyridine rings is 1. The van der Waals surface area contributed by atoms with E-state index in [-0.39, 0.29) is 42.5 Å². The molecule has 0 spiro atoms. The Hall–Kier alpha value is -3.62. The predicted octanol–water partition coefficient (Wildman–Crippen LogP) is 3.45. The molecule has 204 valence electrons. The van der Waals surface area contributed by atoms with E-state index in [0.29, 0.717) is 5.56 Å². The van der Waals surface area contributed by atoms with E-state index in [0.717, 1.165) is 22.9 Å². The van der Waals surface area contributed by atoms with Crippen LogP contribution in [0, 0.1) is 11.6 Å². The molecule has 0 radical (unpaired) electrons. The Bertz CT molecular complexity index is 1530. The van der Waals surface area contributed by atoms with Gasteiger partial charge in [0.1, 0.15) is 12.2 Å². The Morgan fingerprint density at radius 2 is 2.05 bits per heavy atom. The second-order valence-electron chi connectivity index (χ2n) is 8.77. The molecule has 2 aromatic heterocycles. The highest BCUT2D eigenvalue weighted by atomic mass is 32.2. The smallest absolute Gasteiger partial charge is 0.451 e. The number of thioether (sulfide) groups is 1. The number of ether oxygens (including phenoxy) is 4. The van der Waals surface area contributed by atoms with Gasteiger partial charge < -0.3 is 23.8 Å². The first-order valence-corrected chi connectivity index (χ1v) is 13.7. The summed E-state index contributed by atoms with van der Waals surface area (Å²) in [6.07, 6.45) is -0.210. The van der Waals surface area contributed by atoms with Crippen molar-refractivity contribution in [2.24, 2.45) is 0 Å². The summed E-state index contributed by atoms with van der Waals surface area (Å²) in [7, 11) is 1.12. The summed E-state index contributed by atoms with van der Waals surface area (Å²) in [5.41, 5.74) is 0.0625. The van der Waals surface area contributed by atoms with Crippen LogP contribution in [0.15, 0.2) is 45.5 Å². The van der Waals surface area contributed by atoms with Gasteiger partial charge in [0.25, 0.3) is 5.91 Å². The number of benzene rings is 1. The molecule has 1 aromatic carbocycles. The molecule has 6 rings (SSSR count). The number of thiophene rings is 1. The number of hydrogen-bond acceptors (Lipinski definition) is 10. The van der Waals surface area contributed by atoms with Gasteiger partial charge in [-0.05, 0) is 23.1 Å². The first-order chi connectivity index (χ1) is 18.9. The van der Waals surface area contributed by atoms with Gasteiger partial charge in [0.05, 0.1) is 20.3 Å². The normalized spacial score (nSPS) is 19.8. The molecule has 1 fully saturated rings. The second kappa shape index (κ2) is 10.2. The fourth-order valence-electron chi connectivity index (χ4n) is 5.05. The van der Waals surface area contributed by atoms with E-state index in [1.54, 1.807) is 11.0 Å². The highest BCUT2D eigenvalue weighted by molar-refractivity contribution is 7.98. The number of carbonyl (C=O) groups excluding carboxylic acids is 2. The van der Waals surface area contributed by atoms with E-state index in [9.17, 15) is 18.8 Å². The average Bonchev–Trinajstić information content (AvgIpc) is 3.35. The molecule has 5 heterocycles. The van der Waals surface area contributed by atoms with Crippen molar-refractivity contribution >= 4 is 35.2 Å². The van der Waals surface area contributed by atoms with Gasteiger partial charge in [-0.2, -0.15) is 0 Å². The molecule has 0 bridgehead atoms. The zero-order chi connectivity index (χ0) is 27.3. The number of methoxy groups -OCH3 is 1. The van der Waals surface area contributed by atoms with E-state index in [2.05, 4.69) is 4.74 Å². The number of carbonyl (C=O) groups is 2. The van der Waals surface area contributed by atoms with Crippen LogP contribution in [0.5, 0.6) is 5.75 Å². The Labute approximate surface area is 228 Å². The lowest BCUT2D eigenvalue weighted by atomic mass is 9.97. The second-order valence-corrected chi connectivity index (χ2v) is 10.7. The molecular weight excluding hydrogens is 556 g/mol. The van der Waals surface area contributed by atoms with Gasteiger partial charge in [0.2, 0.25) is 18.0 Å². The van der Waals surface area contributed by atoms with Gasteiger partial charge in [-0.15, -0.1) is 23.1 Å². The lowest BCUT2D eigenvalue weighted by molar-refractivity contribution is -0.0208. The monoisotopic (exact) mass is 577 g/mol. The van der Waals surface area contributed by atoms with Gasteiger partial charge >= 0.3 is 6.16 Å². The van der Waals surface area contributed by atoms with Crippen molar-refractivity contribution in [2.45, 2.75) is 22.9 Å². The van der Waals surface area contributed by atoms with Gasteiger partial charge in [-0.25, -0.2) is 13.6 Å². The highest BCUT2D eigenvalue weighted by Crippen LogP contribution is 2.47. The summed E-state index contributed by atoms with van der Waals surface area (Å²) in [6, 6.07) is 5.14. The van der Waals surface area contributed by atoms with E-state index >= 15 is 4.39 Å². The minimum atomic E-state index is -1.02. The van der Waals surface area contributed by atoms with Gasteiger partial charge in [-0.3, -0.25) is 19.3 Å². The number of amides is 1. The fraction of sp³-hybridized carbons (Fsp3) is 0.320. The summed E-state index contributed by atoms with van der Waals surface area (Å²) in [5, 5.41) is 3.76. The molecule has 3 aliphatic heterocycles. The topological polar surface area (TPSA) is 99.5 Å². The minimum Gasteiger partial charge on any atom is -0.451 e. The van der Waals surface area contributed by atoms with E-state index < -0.39 is 48.1 Å². The van der Waals surface area contributed by atoms with Crippen LogP contribution in [-0.2, 0) is 20.0 Å². The molecule has 3 aromatic rings. The van der Waals surface area contributed by atoms with Crippen LogP contribution in [-0.4, -0.2) is 61.5 Å². The summed E-state index contributed by atoms with van der Waals surface area (Å²) in [4.78, 5) is 41.4. The molecule has 0 saturated carbocycles. The Balaban J connectivity index is 1.56. The van der Waals surface area contributed by atoms with Crippen LogP contribution in [0.3, 0.4) is 0 Å². The lowest BCUT2D eigenvalue weighted by Gasteiger charge is -2.51. The Morgan fingerprint density at radius 3 is 2.87 bits per heavy atom. The zero-order valence-electron chi connectivity index (χ0n) is 20.4. The summed E-state index contributed by atoms with van der Waals surface area (Å²) >= 11 is 2.86. The number of hydrogen-bond donors (Lipinski definition) is 0. The molecule has 1 saturated heterocycles. The molecule has 2 atom stereocenters. The number of rotatable bonds is 4. The first-order valence-electron chi connectivity index (χ1n) is 11.8. The quantitative estimate of drug-likeness (QED) is 0.341. The number of aromatic nitrogens is 1. The fourth-order valence-corrected chi connectivity index (χ4v) is 7.36. The molecule has 0 aliphatic carbocycles. The third-order valence-corrected chi connectivity index (χ3v) is 8.97. The summed E-state index contributed by atoms with van der Waals surface area (Å²) < 4.78 is 51.5. The molecular formula is C25H21F2N3O7S2. The maximum Gasteiger partial charge on any atom is 0.510 e. The number of nitrogens with zero attached hydrogens (tertiary/aromatic N) is 3. The van der Waals surface area contributed by atoms with Gasteiger partial charge in [0, 0.05) is 39.9 Å². The van der Waals surface area contributed by atoms with Crippen molar-refractivity contribution < 1.29 is 37.3 Å². The maximum atomic E-state index is 15.2. The number of fused-ring (bicyclic) bond motifs is 4. The average molecular weight is 578 g/mol. The van der Waals surface area contributed by atoms with Crippen LogP contribution in [0.4, 0.5) is 13.6 Å². The third-order valence-electron chi connectivity index (χ3n) is 6.77. The van der Waals surface area contributed by atoms with Crippen LogP contribution < -0.4 is 15.2 Å². The molecule has 3 aliphatic rings. The summed E-state index contributed by atoms with van der Waals surface area (Å²) in [6.45, 7) is -0.0237. The van der Waals surface area contributed by atoms with Crippen molar-refractivity contribution in [3.05, 3.63) is 79.4 Å². The predicted molar refractivity (Wildman–Crippen MR) is 136 cm³/mol. The largest absolute Gasteiger partial charge is 0.510 e. The minimum absolute atomic E-state index is 0.0896. The van der Waals surface area contributed by atoms with E-state index in [1.807, 2.05) is 16.5 Å². The molecule has 0 unspecified atom stereocenters. The van der Waals surface area contributed by atoms with E-state index in [4.69, 9.17) is 14.2 Å². The summed E-state index contributed by atoms with van der Waals surface area (Å²) in [5.74, 6) is -2.45. The lowest BCUT2D eigenvalue weighted by Crippen LogP contribution is -2.66. The van der Waals surface area contributed by atoms with Crippen molar-refractivity contribution in [3.8, 4) is 5.75 Å². The van der Waals surface area contributed by atoms with Crippen molar-refractivity contribution in [1.82, 2.24) is 9.58 Å². The molecule has 14 heteroatoms. The van der Waals surface area contributed by atoms with Crippen molar-refractivity contribution in [3.63, 3.8) is 0 Å². The van der Waals surface area contributed by atoms with Crippen LogP contribution in [0.1, 0.15) is 32.5 Å². The first kappa shape index (κ1) is 25.6. The van der Waals surface area contributed by atoms with Crippen LogP contribution in [0.25, 0.3) is 0 Å². The third kappa shape index (κ3) is 4.22. The molecule has 10 nitrogen and oxygen atoms in total. The Morgan fingerprint density at radius 1 is 1.21 bits per heavy atom. The highest BCUT2D eigenvalue weighted by Gasteiger charge is 2.46. The van der Waals surface area contributed by atoms with Crippen LogP contribution >= 0.6 is 23.1 Å². The zero-order valence-corrected chi connectivity index (χ0v) is 22.1. The van der Waals surface area contributed by atoms with Crippen molar-refractivity contribution in [2.75, 3.05) is 38.7 Å². The van der Waals surface area contributed by atoms with Gasteiger partial charge in [0.15, 0.2) is 17.3 Å². The van der Waals surface area contributed by atoms with E-state index in [1.165, 1.54) is 40.0 Å². The van der Waals surface area contributed by atoms with Crippen LogP contribution in [0.2, 0.25) is 0 Å². The number of halogens is 2. The maximum absolute atomic E-state index is 15.2. The van der Waals surface area contributed by atoms with Gasteiger partial charge in [-0.1, -0.05) is 6.07 Å². The molecule has 39 heavy (non-hydrogen) atoms. The standard InChI is InChI=1S/C25H21F2N3O7S2/c1-34-25(33)37-12-36-22-16(31)4-6-29-21(22)24(32)28-7-8-35-10-18(28)30(29)20-13-2-3-15(26)19(27)14(13)11-39-17-5-9-38-23(17)20/h2-6,9,18,20H,7-8,10-12H2,1H3/t18-,20+/m1/s1. The molecule has 0 N–H and O–H groups in total. The number of morpholine rings is 1. The van der Waals surface area contributed by atoms with Crippen molar-refractivity contribution in [1.29, 1.82) is 0 Å². The Kier molecular flexibility index (Phi) is 6.69. The molecule has 1 amide bonds. The SMILES string of the molecule is COC(=O)OCOc1c2n(ccc1=O)N([C@H]1c3ccc(F)c(F)c3CSc3ccsc31)[C@@H]1COCCN1C2=O.